The van der Waals surface area contributed by atoms with Crippen LogP contribution in [0.2, 0.25) is 0 Å². The van der Waals surface area contributed by atoms with Crippen LogP contribution >= 0.6 is 7.23 Å². The average Bonchev–Trinajstić information content (AvgIpc) is 0.811. The third-order valence-electron chi connectivity index (χ3n) is 0. The van der Waals surface area contributed by atoms with Crippen molar-refractivity contribution >= 4 is 19.5 Å². The molecule has 0 aliphatic carbocycles. The Labute approximate surface area is 64.7 Å². The van der Waals surface area contributed by atoms with Gasteiger partial charge in [-0.15, -0.1) is 0 Å². The van der Waals surface area contributed by atoms with Crippen LogP contribution in [0.25, 0.3) is 0 Å². The first-order valence-electron chi connectivity index (χ1n) is 0.565. The van der Waals surface area contributed by atoms with E-state index in [1.54, 1.807) is 0 Å². The molecule has 0 fully saturated rings. The minimum Gasteiger partial charge on any atom is -1.00 e. The van der Waals surface area contributed by atoms with Crippen molar-refractivity contribution in [3.05, 3.63) is 0 Å². The summed E-state index contributed by atoms with van der Waals surface area (Å²) < 4.78 is 8.96. The van der Waals surface area contributed by atoms with Crippen molar-refractivity contribution in [2.45, 2.75) is 0 Å². The molecule has 0 saturated carbocycles. The summed E-state index contributed by atoms with van der Waals surface area (Å²) >= 11 is 3.69. The molecule has 0 bridgehead atoms. The Morgan fingerprint density at radius 1 is 1.67 bits per heavy atom. The summed E-state index contributed by atoms with van der Waals surface area (Å²) in [6.45, 7) is 0. The summed E-state index contributed by atoms with van der Waals surface area (Å²) in [5, 5.41) is 0. The van der Waals surface area contributed by atoms with Crippen LogP contribution in [0.15, 0.2) is 0 Å². The van der Waals surface area contributed by atoms with Crippen LogP contribution in [0, 0.1) is 0 Å². The first-order chi connectivity index (χ1) is 1.73. The average molecular weight is 183 g/mol. The molecule has 0 aromatic carbocycles. The fourth-order valence-electron chi connectivity index (χ4n) is 0. The smallest absolute Gasteiger partial charge is 1.00 e. The molecular formula is HBrLiO2PS. The molecule has 6 heteroatoms. The third kappa shape index (κ3) is 49.9. The van der Waals surface area contributed by atoms with Gasteiger partial charge in [-0.2, -0.15) is 4.89 Å². The predicted molar refractivity (Wildman–Crippen MR) is 17.2 cm³/mol. The number of hydrogen-bond donors (Lipinski definition) is 1. The fourth-order valence-corrected chi connectivity index (χ4v) is 0. The summed E-state index contributed by atoms with van der Waals surface area (Å²) in [7, 11) is -2.29. The topological polar surface area (TPSA) is 37.3 Å². The molecule has 0 aromatic rings. The molecule has 1 N–H and O–H groups in total. The Balaban J connectivity index is -0.0000000450. The molecule has 1 unspecified atom stereocenters. The summed E-state index contributed by atoms with van der Waals surface area (Å²) in [5.41, 5.74) is 0. The maximum absolute atomic E-state index is 8.96. The standard InChI is InChI=1S/BrH.Li.HO2PS/c;;1-3(2)4/h1H;;(H,1,2,4)/q;+1;/p-1. The van der Waals surface area contributed by atoms with Gasteiger partial charge in [0.1, 0.15) is 0 Å². The molecule has 0 radical (unpaired) electrons. The quantitative estimate of drug-likeness (QED) is 0.231. The van der Waals surface area contributed by atoms with Crippen molar-refractivity contribution in [3.63, 3.8) is 0 Å². The van der Waals surface area contributed by atoms with E-state index in [0.29, 0.717) is 0 Å². The van der Waals surface area contributed by atoms with E-state index < -0.39 is 7.23 Å². The zero-order valence-corrected chi connectivity index (χ0v) is 6.39. The van der Waals surface area contributed by atoms with Gasteiger partial charge in [-0.05, 0) is 0 Å². The molecule has 0 aliphatic heterocycles. The fraction of sp³-hybridized carbons (Fsp3) is 0. The molecular weight excluding hydrogens is 182 g/mol. The van der Waals surface area contributed by atoms with Gasteiger partial charge in [-0.1, -0.05) is 4.57 Å². The monoisotopic (exact) mass is 182 g/mol. The number of rotatable bonds is 0. The molecule has 2 nitrogen and oxygen atoms in total. The Morgan fingerprint density at radius 2 is 1.67 bits per heavy atom. The van der Waals surface area contributed by atoms with E-state index in [4.69, 9.17) is 9.46 Å². The van der Waals surface area contributed by atoms with E-state index in [1.807, 2.05) is 0 Å². The zero-order valence-electron chi connectivity index (χ0n) is 3.09. The predicted octanol–water partition coefficient (Wildman–Crippen LogP) is -5.81. The van der Waals surface area contributed by atoms with Gasteiger partial charge in [-0.3, -0.25) is 0 Å². The third-order valence-corrected chi connectivity index (χ3v) is 0. The van der Waals surface area contributed by atoms with Crippen LogP contribution in [-0.4, -0.2) is 4.89 Å². The van der Waals surface area contributed by atoms with E-state index in [2.05, 4.69) is 12.2 Å². The van der Waals surface area contributed by atoms with Gasteiger partial charge in [0.15, 0.2) is 0 Å². The van der Waals surface area contributed by atoms with Crippen LogP contribution in [0.3, 0.4) is 0 Å². The second kappa shape index (κ2) is 9.70. The van der Waals surface area contributed by atoms with Crippen molar-refractivity contribution < 1.29 is 45.3 Å². The minimum atomic E-state index is -2.29. The van der Waals surface area contributed by atoms with Crippen LogP contribution < -0.4 is 35.8 Å². The number of hydrogen-bond acceptors (Lipinski definition) is 2. The Hall–Kier alpha value is 1.49. The van der Waals surface area contributed by atoms with Crippen LogP contribution in [0.1, 0.15) is 0 Å². The molecule has 0 spiro atoms. The molecule has 6 heavy (non-hydrogen) atoms. The summed E-state index contributed by atoms with van der Waals surface area (Å²) in [5.74, 6) is 0. The van der Waals surface area contributed by atoms with E-state index in [9.17, 15) is 0 Å². The van der Waals surface area contributed by atoms with Crippen molar-refractivity contribution in [2.75, 3.05) is 0 Å². The summed E-state index contributed by atoms with van der Waals surface area (Å²) in [6.07, 6.45) is 0. The van der Waals surface area contributed by atoms with E-state index in [0.717, 1.165) is 0 Å². The van der Waals surface area contributed by atoms with Gasteiger partial charge in [0.25, 0.3) is 0 Å². The van der Waals surface area contributed by atoms with Crippen molar-refractivity contribution in [1.82, 2.24) is 0 Å². The first kappa shape index (κ1) is 15.6. The van der Waals surface area contributed by atoms with Gasteiger partial charge >= 0.3 is 26.1 Å². The second-order valence-electron chi connectivity index (χ2n) is 0.238. The van der Waals surface area contributed by atoms with Crippen LogP contribution in [0.5, 0.6) is 0 Å². The van der Waals surface area contributed by atoms with Crippen molar-refractivity contribution in [3.8, 4) is 0 Å². The zero-order chi connectivity index (χ0) is 3.58. The van der Waals surface area contributed by atoms with Crippen LogP contribution in [0.4, 0.5) is 0 Å². The second-order valence-corrected chi connectivity index (χ2v) is 1.65. The molecule has 1 atom stereocenters. The van der Waals surface area contributed by atoms with E-state index in [1.165, 1.54) is 0 Å². The van der Waals surface area contributed by atoms with E-state index in [-0.39, 0.29) is 35.8 Å². The summed E-state index contributed by atoms with van der Waals surface area (Å²) in [4.78, 5) is 7.38. The molecule has 32 valence electrons. The SMILES string of the molecule is O=[P+](O)[S-].[Br-].[Li+]. The Kier molecular flexibility index (Phi) is 25.3. The molecule has 0 heterocycles. The molecule has 0 amide bonds. The maximum Gasteiger partial charge on any atom is 1.00 e. The number of halogens is 1. The van der Waals surface area contributed by atoms with Gasteiger partial charge in [0.05, 0.1) is 0 Å². The normalized spacial score (nSPS) is 7.33. The van der Waals surface area contributed by atoms with Gasteiger partial charge in [0.2, 0.25) is 0 Å². The molecule has 0 rings (SSSR count). The summed E-state index contributed by atoms with van der Waals surface area (Å²) in [6, 6.07) is 0. The molecule has 0 saturated heterocycles. The Bertz CT molecular complexity index is 36.5. The van der Waals surface area contributed by atoms with Gasteiger partial charge in [0, 0.05) is 0 Å². The van der Waals surface area contributed by atoms with Crippen LogP contribution in [-0.2, 0) is 16.8 Å². The van der Waals surface area contributed by atoms with Crippen molar-refractivity contribution in [2.24, 2.45) is 0 Å². The van der Waals surface area contributed by atoms with E-state index >= 15 is 0 Å². The Morgan fingerprint density at radius 3 is 1.67 bits per heavy atom. The molecule has 0 aromatic heterocycles. The van der Waals surface area contributed by atoms with Gasteiger partial charge in [-0.25, -0.2) is 0 Å². The van der Waals surface area contributed by atoms with Gasteiger partial charge < -0.3 is 29.2 Å². The molecule has 0 aliphatic rings. The van der Waals surface area contributed by atoms with Crippen molar-refractivity contribution in [1.29, 1.82) is 0 Å². The largest absolute Gasteiger partial charge is 1.00 e. The maximum atomic E-state index is 8.96. The minimum absolute atomic E-state index is 0. The first-order valence-corrected chi connectivity index (χ1v) is 2.79.